The van der Waals surface area contributed by atoms with Crippen LogP contribution in [0.2, 0.25) is 5.15 Å². The Kier molecular flexibility index (Phi) is 5.51. The molecule has 1 aromatic rings. The van der Waals surface area contributed by atoms with E-state index < -0.39 is 5.97 Å². The molecule has 6 nitrogen and oxygen atoms in total. The highest BCUT2D eigenvalue weighted by molar-refractivity contribution is 6.29. The summed E-state index contributed by atoms with van der Waals surface area (Å²) in [5.41, 5.74) is 0.185. The second-order valence-electron chi connectivity index (χ2n) is 3.97. The van der Waals surface area contributed by atoms with E-state index in [0.717, 1.165) is 0 Å². The normalized spacial score (nSPS) is 11.9. The maximum atomic E-state index is 11.6. The highest BCUT2D eigenvalue weighted by Crippen LogP contribution is 2.05. The van der Waals surface area contributed by atoms with E-state index in [2.05, 4.69) is 15.3 Å². The van der Waals surface area contributed by atoms with Crippen molar-refractivity contribution in [1.82, 2.24) is 15.3 Å². The van der Waals surface area contributed by atoms with Crippen molar-refractivity contribution >= 4 is 23.5 Å². The molecule has 1 amide bonds. The molecule has 7 heteroatoms. The molecule has 0 saturated carbocycles. The number of nitrogens with zero attached hydrogens (tertiary/aromatic N) is 2. The Hall–Kier alpha value is -1.69. The molecule has 18 heavy (non-hydrogen) atoms. The molecule has 0 spiro atoms. The lowest BCUT2D eigenvalue weighted by molar-refractivity contribution is -0.137. The Balaban J connectivity index is 2.36. The van der Waals surface area contributed by atoms with Crippen LogP contribution in [0.25, 0.3) is 0 Å². The van der Waals surface area contributed by atoms with E-state index in [1.807, 2.05) is 6.92 Å². The number of carboxylic acids is 1. The van der Waals surface area contributed by atoms with Gasteiger partial charge in [-0.05, 0) is 12.3 Å². The standard InChI is InChI=1S/C11H14ClN3O3/c1-7(2-3-10(16)17)4-15-11(18)8-5-14-9(12)6-13-8/h5-7H,2-4H2,1H3,(H,15,18)(H,16,17). The number of carbonyl (C=O) groups is 2. The average molecular weight is 272 g/mol. The molecule has 0 bridgehead atoms. The molecule has 0 aliphatic carbocycles. The molecule has 0 aliphatic rings. The Morgan fingerprint density at radius 1 is 1.44 bits per heavy atom. The van der Waals surface area contributed by atoms with Crippen LogP contribution in [0, 0.1) is 5.92 Å². The van der Waals surface area contributed by atoms with Crippen LogP contribution in [0.3, 0.4) is 0 Å². The van der Waals surface area contributed by atoms with Crippen molar-refractivity contribution in [2.45, 2.75) is 19.8 Å². The Labute approximate surface area is 109 Å². The third-order valence-electron chi connectivity index (χ3n) is 2.32. The van der Waals surface area contributed by atoms with Crippen molar-refractivity contribution in [3.8, 4) is 0 Å². The number of aliphatic carboxylic acids is 1. The number of hydrogen-bond donors (Lipinski definition) is 2. The number of halogens is 1. The van der Waals surface area contributed by atoms with Gasteiger partial charge in [-0.2, -0.15) is 0 Å². The topological polar surface area (TPSA) is 92.2 Å². The number of nitrogens with one attached hydrogen (secondary N) is 1. The van der Waals surface area contributed by atoms with Crippen LogP contribution < -0.4 is 5.32 Å². The van der Waals surface area contributed by atoms with E-state index in [-0.39, 0.29) is 29.1 Å². The first-order valence-corrected chi connectivity index (χ1v) is 5.84. The third-order valence-corrected chi connectivity index (χ3v) is 2.51. The van der Waals surface area contributed by atoms with Crippen molar-refractivity contribution in [3.05, 3.63) is 23.2 Å². The molecule has 0 aromatic carbocycles. The van der Waals surface area contributed by atoms with Gasteiger partial charge in [0.05, 0.1) is 12.4 Å². The monoisotopic (exact) mass is 271 g/mol. The summed E-state index contributed by atoms with van der Waals surface area (Å²) in [6.07, 6.45) is 3.20. The molecule has 1 heterocycles. The molecule has 0 saturated heterocycles. The van der Waals surface area contributed by atoms with E-state index in [9.17, 15) is 9.59 Å². The first kappa shape index (κ1) is 14.4. The predicted molar refractivity (Wildman–Crippen MR) is 65.4 cm³/mol. The fourth-order valence-corrected chi connectivity index (χ4v) is 1.36. The first-order valence-electron chi connectivity index (χ1n) is 5.46. The third kappa shape index (κ3) is 5.09. The van der Waals surface area contributed by atoms with E-state index in [4.69, 9.17) is 16.7 Å². The van der Waals surface area contributed by atoms with Gasteiger partial charge < -0.3 is 10.4 Å². The van der Waals surface area contributed by atoms with Crippen molar-refractivity contribution in [3.63, 3.8) is 0 Å². The molecule has 1 aromatic heterocycles. The summed E-state index contributed by atoms with van der Waals surface area (Å²) in [7, 11) is 0. The summed E-state index contributed by atoms with van der Waals surface area (Å²) in [4.78, 5) is 29.6. The van der Waals surface area contributed by atoms with Gasteiger partial charge in [-0.1, -0.05) is 18.5 Å². The van der Waals surface area contributed by atoms with Gasteiger partial charge >= 0.3 is 5.97 Å². The molecular formula is C11H14ClN3O3. The second-order valence-corrected chi connectivity index (χ2v) is 4.36. The number of hydrogen-bond acceptors (Lipinski definition) is 4. The first-order chi connectivity index (χ1) is 8.49. The smallest absolute Gasteiger partial charge is 0.303 e. The minimum atomic E-state index is -0.836. The minimum Gasteiger partial charge on any atom is -0.481 e. The van der Waals surface area contributed by atoms with Crippen molar-refractivity contribution in [2.24, 2.45) is 5.92 Å². The molecule has 0 fully saturated rings. The van der Waals surface area contributed by atoms with E-state index in [1.165, 1.54) is 12.4 Å². The Morgan fingerprint density at radius 2 is 2.17 bits per heavy atom. The maximum Gasteiger partial charge on any atom is 0.303 e. The van der Waals surface area contributed by atoms with E-state index >= 15 is 0 Å². The van der Waals surface area contributed by atoms with Gasteiger partial charge in [0.25, 0.3) is 5.91 Å². The molecule has 2 N–H and O–H groups in total. The quantitative estimate of drug-likeness (QED) is 0.815. The number of carboxylic acid groups (broad SMARTS) is 1. The lowest BCUT2D eigenvalue weighted by atomic mass is 10.1. The zero-order valence-corrected chi connectivity index (χ0v) is 10.6. The number of amides is 1. The van der Waals surface area contributed by atoms with Gasteiger partial charge in [0, 0.05) is 13.0 Å². The molecule has 1 unspecified atom stereocenters. The van der Waals surface area contributed by atoms with Crippen LogP contribution in [-0.2, 0) is 4.79 Å². The van der Waals surface area contributed by atoms with Crippen LogP contribution in [0.5, 0.6) is 0 Å². The fraction of sp³-hybridized carbons (Fsp3) is 0.455. The van der Waals surface area contributed by atoms with Crippen molar-refractivity contribution in [2.75, 3.05) is 6.54 Å². The maximum absolute atomic E-state index is 11.6. The summed E-state index contributed by atoms with van der Waals surface area (Å²) in [6, 6.07) is 0. The summed E-state index contributed by atoms with van der Waals surface area (Å²) >= 11 is 5.55. The molecule has 0 aliphatic heterocycles. The largest absolute Gasteiger partial charge is 0.481 e. The lowest BCUT2D eigenvalue weighted by Gasteiger charge is -2.10. The zero-order chi connectivity index (χ0) is 13.5. The number of aromatic nitrogens is 2. The van der Waals surface area contributed by atoms with Crippen LogP contribution in [0.15, 0.2) is 12.4 Å². The van der Waals surface area contributed by atoms with Crippen LogP contribution in [0.1, 0.15) is 30.3 Å². The minimum absolute atomic E-state index is 0.0882. The highest BCUT2D eigenvalue weighted by Gasteiger charge is 2.10. The summed E-state index contributed by atoms with van der Waals surface area (Å²) in [6.45, 7) is 2.27. The van der Waals surface area contributed by atoms with Gasteiger partial charge in [-0.3, -0.25) is 9.59 Å². The number of rotatable bonds is 6. The van der Waals surface area contributed by atoms with Gasteiger partial charge in [0.15, 0.2) is 0 Å². The highest BCUT2D eigenvalue weighted by atomic mass is 35.5. The Morgan fingerprint density at radius 3 is 2.72 bits per heavy atom. The molecule has 0 radical (unpaired) electrons. The molecule has 1 atom stereocenters. The van der Waals surface area contributed by atoms with Gasteiger partial charge in [-0.25, -0.2) is 9.97 Å². The zero-order valence-electron chi connectivity index (χ0n) is 9.89. The number of carbonyl (C=O) groups excluding carboxylic acids is 1. The molecule has 1 rings (SSSR count). The molecule has 98 valence electrons. The predicted octanol–water partition coefficient (Wildman–Crippen LogP) is 1.36. The van der Waals surface area contributed by atoms with Crippen LogP contribution >= 0.6 is 11.6 Å². The SMILES string of the molecule is CC(CCC(=O)O)CNC(=O)c1cnc(Cl)cn1. The second kappa shape index (κ2) is 6.90. The van der Waals surface area contributed by atoms with Gasteiger partial charge in [0.2, 0.25) is 0 Å². The lowest BCUT2D eigenvalue weighted by Crippen LogP contribution is -2.29. The average Bonchev–Trinajstić information content (AvgIpc) is 2.34. The van der Waals surface area contributed by atoms with Gasteiger partial charge in [0.1, 0.15) is 10.8 Å². The van der Waals surface area contributed by atoms with E-state index in [0.29, 0.717) is 13.0 Å². The van der Waals surface area contributed by atoms with E-state index in [1.54, 1.807) is 0 Å². The Bertz CT molecular complexity index is 422. The fourth-order valence-electron chi connectivity index (χ4n) is 1.26. The summed E-state index contributed by atoms with van der Waals surface area (Å²) in [5, 5.41) is 11.4. The van der Waals surface area contributed by atoms with Crippen LogP contribution in [0.4, 0.5) is 0 Å². The van der Waals surface area contributed by atoms with Crippen molar-refractivity contribution < 1.29 is 14.7 Å². The van der Waals surface area contributed by atoms with Gasteiger partial charge in [-0.15, -0.1) is 0 Å². The summed E-state index contributed by atoms with van der Waals surface area (Å²) < 4.78 is 0. The summed E-state index contributed by atoms with van der Waals surface area (Å²) in [5.74, 6) is -1.09. The van der Waals surface area contributed by atoms with Crippen molar-refractivity contribution in [1.29, 1.82) is 0 Å². The van der Waals surface area contributed by atoms with Crippen LogP contribution in [-0.4, -0.2) is 33.5 Å². The molecular weight excluding hydrogens is 258 g/mol.